The maximum absolute atomic E-state index is 13.6. The van der Waals surface area contributed by atoms with Crippen LogP contribution in [0.25, 0.3) is 11.3 Å². The van der Waals surface area contributed by atoms with Gasteiger partial charge in [-0.05, 0) is 98.4 Å². The van der Waals surface area contributed by atoms with Crippen molar-refractivity contribution in [3.8, 4) is 11.3 Å². The van der Waals surface area contributed by atoms with Crippen molar-refractivity contribution >= 4 is 11.9 Å². The largest absolute Gasteiger partial charge is 0.459 e. The Bertz CT molecular complexity index is 1690. The van der Waals surface area contributed by atoms with Gasteiger partial charge in [0.1, 0.15) is 29.6 Å². The first-order valence-corrected chi connectivity index (χ1v) is 21.9. The second-order valence-electron chi connectivity index (χ2n) is 18.5. The molecule has 1 aromatic heterocycles. The number of hydroxylamine groups is 1. The third-order valence-corrected chi connectivity index (χ3v) is 13.0. The number of carbonyl (C=O) groups excluding carboxylic acids is 2. The van der Waals surface area contributed by atoms with Gasteiger partial charge in [-0.3, -0.25) is 24.4 Å². The Morgan fingerprint density at radius 2 is 1.77 bits per heavy atom. The molecule has 14 atom stereocenters. The van der Waals surface area contributed by atoms with Crippen molar-refractivity contribution in [3.05, 3.63) is 36.0 Å². The summed E-state index contributed by atoms with van der Waals surface area (Å²) in [6.45, 7) is 15.2. The molecule has 4 rings (SSSR count). The van der Waals surface area contributed by atoms with Gasteiger partial charge in [-0.25, -0.2) is 5.48 Å². The van der Waals surface area contributed by atoms with Gasteiger partial charge >= 0.3 is 5.97 Å². The Morgan fingerprint density at radius 1 is 1.07 bits per heavy atom. The number of carbonyl (C=O) groups is 2. The zero-order valence-electron chi connectivity index (χ0n) is 37.8. The van der Waals surface area contributed by atoms with E-state index in [1.54, 1.807) is 37.9 Å². The highest BCUT2D eigenvalue weighted by Crippen LogP contribution is 2.37. The highest BCUT2D eigenvalue weighted by atomic mass is 16.7. The predicted octanol–water partition coefficient (Wildman–Crippen LogP) is 2.87. The summed E-state index contributed by atoms with van der Waals surface area (Å²) in [5, 5.41) is 76.2. The maximum atomic E-state index is 13.6. The molecule has 2 aliphatic heterocycles. The topological polar surface area (TPSA) is 232 Å². The maximum Gasteiger partial charge on any atom is 0.311 e. The number of hydrogen-bond donors (Lipinski definition) is 7. The van der Waals surface area contributed by atoms with Crippen molar-refractivity contribution in [2.75, 3.05) is 20.6 Å². The number of ether oxygens (including phenoxy) is 3. The lowest BCUT2D eigenvalue weighted by Crippen LogP contribution is -2.59. The van der Waals surface area contributed by atoms with E-state index < -0.39 is 83.8 Å². The Labute approximate surface area is 361 Å². The molecule has 1 aromatic carbocycles. The van der Waals surface area contributed by atoms with Crippen molar-refractivity contribution in [3.63, 3.8) is 0 Å². The number of hydrogen-bond acceptors (Lipinski definition) is 15. The second-order valence-corrected chi connectivity index (χ2v) is 18.5. The van der Waals surface area contributed by atoms with Crippen LogP contribution in [0.4, 0.5) is 0 Å². The number of amides is 1. The Hall–Kier alpha value is -3.10. The third-order valence-electron chi connectivity index (χ3n) is 13.0. The molecule has 7 N–H and O–H groups in total. The van der Waals surface area contributed by atoms with Crippen molar-refractivity contribution in [2.24, 2.45) is 17.8 Å². The van der Waals surface area contributed by atoms with Crippen LogP contribution in [0.5, 0.6) is 0 Å². The molecule has 0 radical (unpaired) electrons. The molecule has 61 heavy (non-hydrogen) atoms. The monoisotopic (exact) mass is 863 g/mol. The van der Waals surface area contributed by atoms with Crippen molar-refractivity contribution in [1.82, 2.24) is 30.3 Å². The fourth-order valence-electron chi connectivity index (χ4n) is 9.23. The first kappa shape index (κ1) is 50.5. The number of esters is 1. The molecule has 2 aromatic rings. The highest BCUT2D eigenvalue weighted by molar-refractivity contribution is 5.74. The number of nitrogens with one attached hydrogen (secondary N) is 1. The normalized spacial score (nSPS) is 36.2. The molecule has 346 valence electrons. The number of unbranched alkanes of at least 4 members (excludes halogenated alkanes) is 2. The molecule has 1 amide bonds. The first-order valence-electron chi connectivity index (χ1n) is 21.9. The number of aryl methyl sites for hydroxylation is 1. The number of benzene rings is 1. The average Bonchev–Trinajstić information content (AvgIpc) is 3.69. The van der Waals surface area contributed by atoms with Crippen LogP contribution in [-0.2, 0) is 36.9 Å². The molecule has 0 aliphatic carbocycles. The summed E-state index contributed by atoms with van der Waals surface area (Å²) in [5.41, 5.74) is 0.853. The number of likely N-dealkylation sites (N-methyl/N-ethyl adjacent to an activating group) is 2. The summed E-state index contributed by atoms with van der Waals surface area (Å²) >= 11 is 0. The quantitative estimate of drug-likeness (QED) is 0.0665. The summed E-state index contributed by atoms with van der Waals surface area (Å²) in [7, 11) is 3.75. The van der Waals surface area contributed by atoms with Crippen LogP contribution < -0.4 is 5.48 Å². The number of aliphatic hydroxyl groups excluding tert-OH is 3. The fraction of sp³-hybridized carbons (Fsp3) is 0.773. The van der Waals surface area contributed by atoms with E-state index in [0.717, 1.165) is 24.0 Å². The van der Waals surface area contributed by atoms with Gasteiger partial charge in [-0.1, -0.05) is 50.6 Å². The summed E-state index contributed by atoms with van der Waals surface area (Å²) in [4.78, 5) is 28.8. The second kappa shape index (κ2) is 22.0. The van der Waals surface area contributed by atoms with Gasteiger partial charge in [-0.2, -0.15) is 0 Å². The average molecular weight is 863 g/mol. The van der Waals surface area contributed by atoms with Crippen LogP contribution in [0.1, 0.15) is 106 Å². The first-order chi connectivity index (χ1) is 28.6. The molecule has 2 aliphatic rings. The lowest BCUT2D eigenvalue weighted by molar-refractivity contribution is -0.300. The molecule has 3 heterocycles. The van der Waals surface area contributed by atoms with Crippen LogP contribution in [0.3, 0.4) is 0 Å². The predicted molar refractivity (Wildman–Crippen MR) is 227 cm³/mol. The summed E-state index contributed by atoms with van der Waals surface area (Å²) in [6.07, 6.45) is -2.16. The van der Waals surface area contributed by atoms with E-state index in [-0.39, 0.29) is 31.3 Å². The minimum absolute atomic E-state index is 0.161. The van der Waals surface area contributed by atoms with Crippen molar-refractivity contribution in [1.29, 1.82) is 0 Å². The molecule has 17 heteroatoms. The van der Waals surface area contributed by atoms with Crippen LogP contribution in [-0.4, -0.2) is 154 Å². The highest BCUT2D eigenvalue weighted by Gasteiger charge is 2.50. The van der Waals surface area contributed by atoms with Gasteiger partial charge in [0.15, 0.2) is 6.29 Å². The minimum Gasteiger partial charge on any atom is -0.459 e. The summed E-state index contributed by atoms with van der Waals surface area (Å²) in [5.74, 6) is -3.28. The van der Waals surface area contributed by atoms with E-state index in [9.17, 15) is 35.1 Å². The molecule has 0 saturated carbocycles. The van der Waals surface area contributed by atoms with Crippen molar-refractivity contribution < 1.29 is 54.5 Å². The molecule has 2 saturated heterocycles. The smallest absolute Gasteiger partial charge is 0.311 e. The van der Waals surface area contributed by atoms with Crippen LogP contribution in [0.2, 0.25) is 0 Å². The third kappa shape index (κ3) is 13.0. The van der Waals surface area contributed by atoms with Gasteiger partial charge in [-0.15, -0.1) is 5.10 Å². The zero-order chi connectivity index (χ0) is 45.4. The summed E-state index contributed by atoms with van der Waals surface area (Å²) < 4.78 is 20.5. The van der Waals surface area contributed by atoms with E-state index in [0.29, 0.717) is 38.2 Å². The van der Waals surface area contributed by atoms with E-state index in [1.165, 1.54) is 13.8 Å². The van der Waals surface area contributed by atoms with Crippen molar-refractivity contribution in [2.45, 2.75) is 180 Å². The number of aromatic nitrogens is 3. The van der Waals surface area contributed by atoms with Crippen LogP contribution in [0, 0.1) is 17.8 Å². The molecular weight excluding hydrogens is 789 g/mol. The Balaban J connectivity index is 1.52. The Morgan fingerprint density at radius 3 is 2.44 bits per heavy atom. The van der Waals surface area contributed by atoms with Gasteiger partial charge in [0.05, 0.1) is 36.0 Å². The Kier molecular flexibility index (Phi) is 18.2. The number of rotatable bonds is 13. The molecule has 0 spiro atoms. The minimum atomic E-state index is -1.79. The lowest BCUT2D eigenvalue weighted by atomic mass is 9.78. The number of aliphatic hydroxyl groups is 5. The van der Waals surface area contributed by atoms with E-state index >= 15 is 0 Å². The van der Waals surface area contributed by atoms with Gasteiger partial charge < -0.3 is 44.6 Å². The zero-order valence-corrected chi connectivity index (χ0v) is 37.8. The van der Waals surface area contributed by atoms with Gasteiger partial charge in [0.2, 0.25) is 5.91 Å². The molecular formula is C44H74N6O11. The fourth-order valence-corrected chi connectivity index (χ4v) is 9.23. The molecule has 0 bridgehead atoms. The van der Waals surface area contributed by atoms with Crippen LogP contribution >= 0.6 is 0 Å². The summed E-state index contributed by atoms with van der Waals surface area (Å²) in [6, 6.07) is 6.99. The van der Waals surface area contributed by atoms with Gasteiger partial charge in [0.25, 0.3) is 0 Å². The van der Waals surface area contributed by atoms with Gasteiger partial charge in [0, 0.05) is 49.6 Å². The van der Waals surface area contributed by atoms with E-state index in [1.807, 2.05) is 68.2 Å². The molecule has 2 fully saturated rings. The number of cyclic esters (lactones) is 1. The lowest BCUT2D eigenvalue weighted by Gasteiger charge is -2.47. The molecule has 0 unspecified atom stereocenters. The van der Waals surface area contributed by atoms with Crippen LogP contribution in [0.15, 0.2) is 30.5 Å². The standard InChI is InChI=1S/C44H74N6O11/c1-11-35-44(8,57)39(54)30(6)48(9)23-26(2)22-43(7,56)40(28(4)37(52)29(5)41(55)60-35)61-42-38(53)34(20-27(3)59-42)49(10)24-31-16-15-17-32(21-31)33-25-50(47-45-33)19-14-12-13-18-36(51)46-58/h15-17,21,25-30,34-35,37-40,42,52-54,56-58H,11-14,18-20,22-24H2,1-10H3,(H,46,51)/t26-,27-,28+,29-,30-,34+,35-,37+,38-,39-,40-,42+,43-,44-/m1/s1. The molecule has 17 nitrogen and oxygen atoms in total. The van der Waals surface area contributed by atoms with E-state index in [2.05, 4.69) is 10.3 Å². The van der Waals surface area contributed by atoms with E-state index in [4.69, 9.17) is 19.4 Å². The number of nitrogens with zero attached hydrogens (tertiary/aromatic N) is 5. The SMILES string of the molecule is CC[C@H]1OC(=O)[C@H](C)[C@@H](O)[C@H](C)[C@@H](O[C@@H]2O[C@H](C)C[C@H](N(C)Cc3cccc(-c4cn(CCCCCC(=O)NO)nn4)c3)[C@H]2O)[C@](C)(O)C[C@@H](C)CN(C)[C@H](C)[C@@H](O)[C@]1(C)O.